The molecular formula is C23H24N6O4. The molecule has 10 nitrogen and oxygen atoms in total. The van der Waals surface area contributed by atoms with Crippen LogP contribution in [0.2, 0.25) is 0 Å². The second-order valence-corrected chi connectivity index (χ2v) is 7.85. The van der Waals surface area contributed by atoms with Crippen molar-refractivity contribution in [2.24, 2.45) is 0 Å². The zero-order chi connectivity index (χ0) is 22.9. The van der Waals surface area contributed by atoms with Gasteiger partial charge in [0.25, 0.3) is 5.91 Å². The molecule has 0 radical (unpaired) electrons. The number of hydrogen-bond donors (Lipinski definition) is 1. The number of hydrogen-bond acceptors (Lipinski definition) is 8. The lowest BCUT2D eigenvalue weighted by atomic mass is 9.90. The van der Waals surface area contributed by atoms with Gasteiger partial charge in [0.1, 0.15) is 6.04 Å². The van der Waals surface area contributed by atoms with E-state index in [4.69, 9.17) is 14.2 Å². The Morgan fingerprint density at radius 3 is 3.06 bits per heavy atom. The van der Waals surface area contributed by atoms with E-state index in [0.29, 0.717) is 40.9 Å². The van der Waals surface area contributed by atoms with Crippen molar-refractivity contribution >= 4 is 5.91 Å². The van der Waals surface area contributed by atoms with Crippen LogP contribution in [0.25, 0.3) is 5.69 Å². The number of fused-ring (bicyclic) bond motifs is 2. The number of tetrazole rings is 1. The summed E-state index contributed by atoms with van der Waals surface area (Å²) in [7, 11) is 3.65. The average Bonchev–Trinajstić information content (AvgIpc) is 3.51. The predicted octanol–water partition coefficient (Wildman–Crippen LogP) is 1.89. The van der Waals surface area contributed by atoms with Gasteiger partial charge in [-0.15, -0.1) is 11.7 Å². The molecule has 0 spiro atoms. The molecule has 5 rings (SSSR count). The molecule has 1 amide bonds. The molecule has 0 saturated heterocycles. The molecule has 0 aliphatic carbocycles. The number of nitrogens with one attached hydrogen (secondary N) is 1. The monoisotopic (exact) mass is 448 g/mol. The molecule has 3 heterocycles. The number of rotatable bonds is 6. The van der Waals surface area contributed by atoms with Crippen LogP contribution >= 0.6 is 0 Å². The van der Waals surface area contributed by atoms with E-state index in [2.05, 4.69) is 32.3 Å². The fourth-order valence-electron chi connectivity index (χ4n) is 4.35. The van der Waals surface area contributed by atoms with Gasteiger partial charge in [0.2, 0.25) is 12.5 Å². The van der Waals surface area contributed by atoms with Crippen molar-refractivity contribution < 1.29 is 19.0 Å². The molecule has 1 N–H and O–H groups in total. The number of nitrogens with zero attached hydrogens (tertiary/aromatic N) is 5. The summed E-state index contributed by atoms with van der Waals surface area (Å²) in [6, 6.07) is 8.91. The van der Waals surface area contributed by atoms with Gasteiger partial charge in [-0.1, -0.05) is 12.1 Å². The van der Waals surface area contributed by atoms with Crippen molar-refractivity contribution in [3.05, 3.63) is 65.5 Å². The number of carbonyl (C=O) groups excluding carboxylic acids is 1. The fraction of sp³-hybridized carbons (Fsp3) is 0.304. The first-order valence-corrected chi connectivity index (χ1v) is 10.6. The lowest BCUT2D eigenvalue weighted by Crippen LogP contribution is -2.35. The molecule has 1 aromatic heterocycles. The number of benzene rings is 2. The first kappa shape index (κ1) is 21.0. The van der Waals surface area contributed by atoms with Crippen LogP contribution in [0.15, 0.2) is 43.0 Å². The van der Waals surface area contributed by atoms with Gasteiger partial charge in [-0.3, -0.25) is 9.69 Å². The maximum absolute atomic E-state index is 12.4. The average molecular weight is 448 g/mol. The highest BCUT2D eigenvalue weighted by Crippen LogP contribution is 2.50. The minimum absolute atomic E-state index is 0.160. The number of carbonyl (C=O) groups is 1. The fourth-order valence-corrected chi connectivity index (χ4v) is 4.35. The molecule has 3 aromatic rings. The molecular weight excluding hydrogens is 424 g/mol. The van der Waals surface area contributed by atoms with Crippen LogP contribution in [-0.2, 0) is 6.42 Å². The van der Waals surface area contributed by atoms with Gasteiger partial charge in [-0.05, 0) is 53.7 Å². The van der Waals surface area contributed by atoms with Crippen LogP contribution in [0.1, 0.15) is 33.4 Å². The largest absolute Gasteiger partial charge is 0.492 e. The third-order valence-corrected chi connectivity index (χ3v) is 5.89. The summed E-state index contributed by atoms with van der Waals surface area (Å²) in [6.45, 7) is 4.98. The Kier molecular flexibility index (Phi) is 5.43. The standard InChI is InChI=1S/C23H24N6O4/c1-4-9-24-23(30)15-6-5-7-16(11-15)29-22(25-26-27-29)19-18-14(8-10-28(19)2)12-17-20(21(18)31-3)33-13-32-17/h4-7,11-12,19H,1,8-10,13H2,2-3H3,(H,24,30)/t19-/m1/s1. The van der Waals surface area contributed by atoms with E-state index in [0.717, 1.165) is 24.1 Å². The van der Waals surface area contributed by atoms with E-state index in [1.165, 1.54) is 0 Å². The summed E-state index contributed by atoms with van der Waals surface area (Å²) in [4.78, 5) is 14.6. The minimum atomic E-state index is -0.286. The molecule has 2 aliphatic heterocycles. The van der Waals surface area contributed by atoms with Crippen molar-refractivity contribution in [3.8, 4) is 22.9 Å². The predicted molar refractivity (Wildman–Crippen MR) is 119 cm³/mol. The second kappa shape index (κ2) is 8.55. The molecule has 1 atom stereocenters. The van der Waals surface area contributed by atoms with Gasteiger partial charge in [0, 0.05) is 24.2 Å². The second-order valence-electron chi connectivity index (χ2n) is 7.85. The Hall–Kier alpha value is -3.92. The van der Waals surface area contributed by atoms with Crippen LogP contribution in [-0.4, -0.2) is 65.1 Å². The Morgan fingerprint density at radius 1 is 1.36 bits per heavy atom. The van der Waals surface area contributed by atoms with Crippen molar-refractivity contribution in [2.45, 2.75) is 12.5 Å². The van der Waals surface area contributed by atoms with Gasteiger partial charge in [-0.2, -0.15) is 4.68 Å². The minimum Gasteiger partial charge on any atom is -0.492 e. The lowest BCUT2D eigenvalue weighted by Gasteiger charge is -2.34. The van der Waals surface area contributed by atoms with E-state index in [-0.39, 0.29) is 18.7 Å². The van der Waals surface area contributed by atoms with Gasteiger partial charge < -0.3 is 19.5 Å². The smallest absolute Gasteiger partial charge is 0.251 e. The molecule has 0 saturated carbocycles. The van der Waals surface area contributed by atoms with Crippen LogP contribution in [0.5, 0.6) is 17.2 Å². The van der Waals surface area contributed by atoms with E-state index >= 15 is 0 Å². The van der Waals surface area contributed by atoms with Gasteiger partial charge in [-0.25, -0.2) is 0 Å². The summed E-state index contributed by atoms with van der Waals surface area (Å²) in [6.07, 6.45) is 2.46. The van der Waals surface area contributed by atoms with Crippen molar-refractivity contribution in [1.29, 1.82) is 0 Å². The van der Waals surface area contributed by atoms with Crippen LogP contribution < -0.4 is 19.5 Å². The van der Waals surface area contributed by atoms with E-state index in [1.807, 2.05) is 19.2 Å². The molecule has 0 unspecified atom stereocenters. The summed E-state index contributed by atoms with van der Waals surface area (Å²) in [5, 5.41) is 15.4. The normalized spacial score (nSPS) is 16.8. The Labute approximate surface area is 190 Å². The number of methoxy groups -OCH3 is 1. The molecule has 2 aliphatic rings. The number of likely N-dealkylation sites (N-methyl/N-ethyl adjacent to an activating group) is 1. The Bertz CT molecular complexity index is 1220. The van der Waals surface area contributed by atoms with E-state index < -0.39 is 0 Å². The first-order valence-electron chi connectivity index (χ1n) is 10.6. The van der Waals surface area contributed by atoms with Crippen LogP contribution in [0.3, 0.4) is 0 Å². The SMILES string of the molecule is C=CCNC(=O)c1cccc(-n2nnnc2[C@H]2c3c(cc4c(c3OC)OCO4)CCN2C)c1. The van der Waals surface area contributed by atoms with Gasteiger partial charge in [0.05, 0.1) is 12.8 Å². The third kappa shape index (κ3) is 3.58. The maximum atomic E-state index is 12.4. The van der Waals surface area contributed by atoms with Gasteiger partial charge >= 0.3 is 0 Å². The van der Waals surface area contributed by atoms with Crippen LogP contribution in [0, 0.1) is 0 Å². The Balaban J connectivity index is 1.60. The number of aromatic nitrogens is 4. The Morgan fingerprint density at radius 2 is 2.24 bits per heavy atom. The number of ether oxygens (including phenoxy) is 3. The first-order chi connectivity index (χ1) is 16.1. The highest BCUT2D eigenvalue weighted by molar-refractivity contribution is 5.94. The number of amides is 1. The highest BCUT2D eigenvalue weighted by atomic mass is 16.7. The van der Waals surface area contributed by atoms with Crippen molar-refractivity contribution in [1.82, 2.24) is 30.4 Å². The molecule has 0 bridgehead atoms. The summed E-state index contributed by atoms with van der Waals surface area (Å²) in [5.41, 5.74) is 3.24. The zero-order valence-electron chi connectivity index (χ0n) is 18.4. The van der Waals surface area contributed by atoms with Crippen LogP contribution in [0.4, 0.5) is 0 Å². The van der Waals surface area contributed by atoms with Gasteiger partial charge in [0.15, 0.2) is 17.3 Å². The van der Waals surface area contributed by atoms with E-state index in [1.54, 1.807) is 36.1 Å². The quantitative estimate of drug-likeness (QED) is 0.571. The molecule has 33 heavy (non-hydrogen) atoms. The lowest BCUT2D eigenvalue weighted by molar-refractivity contribution is 0.0958. The molecule has 2 aromatic carbocycles. The summed E-state index contributed by atoms with van der Waals surface area (Å²) in [5.74, 6) is 2.33. The van der Waals surface area contributed by atoms with Crippen molar-refractivity contribution in [2.75, 3.05) is 34.0 Å². The molecule has 170 valence electrons. The molecule has 10 heteroatoms. The maximum Gasteiger partial charge on any atom is 0.251 e. The summed E-state index contributed by atoms with van der Waals surface area (Å²) >= 11 is 0. The third-order valence-electron chi connectivity index (χ3n) is 5.89. The molecule has 0 fully saturated rings. The zero-order valence-corrected chi connectivity index (χ0v) is 18.4. The topological polar surface area (TPSA) is 104 Å². The summed E-state index contributed by atoms with van der Waals surface area (Å²) < 4.78 is 18.8. The van der Waals surface area contributed by atoms with E-state index in [9.17, 15) is 4.79 Å². The van der Waals surface area contributed by atoms with Crippen molar-refractivity contribution in [3.63, 3.8) is 0 Å². The highest BCUT2D eigenvalue weighted by Gasteiger charge is 2.37.